The number of rotatable bonds is 2. The predicted octanol–water partition coefficient (Wildman–Crippen LogP) is 1.03. The standard InChI is InChI=1S/C13H19N3O/c1-9(14)11-5-3-4-6-12(11)16-8-7-15-13(17)10(16)2/h3-6,9-10H,7-8,14H2,1-2H3,(H,15,17). The summed E-state index contributed by atoms with van der Waals surface area (Å²) in [6.45, 7) is 5.41. The minimum absolute atomic E-state index is 0.0246. The van der Waals surface area contributed by atoms with Gasteiger partial charge in [-0.05, 0) is 25.5 Å². The predicted molar refractivity (Wildman–Crippen MR) is 68.9 cm³/mol. The summed E-state index contributed by atoms with van der Waals surface area (Å²) >= 11 is 0. The Morgan fingerprint density at radius 1 is 1.47 bits per heavy atom. The van der Waals surface area contributed by atoms with Gasteiger partial charge in [-0.15, -0.1) is 0 Å². The number of carbonyl (C=O) groups excluding carboxylic acids is 1. The third kappa shape index (κ3) is 2.26. The number of carbonyl (C=O) groups is 1. The van der Waals surface area contributed by atoms with Crippen molar-refractivity contribution >= 4 is 11.6 Å². The SMILES string of the molecule is CC(N)c1ccccc1N1CCNC(=O)C1C. The first-order valence-corrected chi connectivity index (χ1v) is 6.00. The van der Waals surface area contributed by atoms with Gasteiger partial charge in [-0.3, -0.25) is 4.79 Å². The van der Waals surface area contributed by atoms with Crippen LogP contribution in [0.15, 0.2) is 24.3 Å². The number of piperazine rings is 1. The van der Waals surface area contributed by atoms with Crippen molar-refractivity contribution < 1.29 is 4.79 Å². The third-order valence-electron chi connectivity index (χ3n) is 3.24. The fourth-order valence-corrected chi connectivity index (χ4v) is 2.25. The Bertz CT molecular complexity index is 417. The summed E-state index contributed by atoms with van der Waals surface area (Å²) in [5.74, 6) is 0.0794. The number of nitrogens with two attached hydrogens (primary N) is 1. The lowest BCUT2D eigenvalue weighted by molar-refractivity contribution is -0.122. The van der Waals surface area contributed by atoms with Gasteiger partial charge in [0.25, 0.3) is 0 Å². The van der Waals surface area contributed by atoms with E-state index in [1.807, 2.05) is 38.1 Å². The molecule has 1 aliphatic heterocycles. The highest BCUT2D eigenvalue weighted by molar-refractivity contribution is 5.86. The van der Waals surface area contributed by atoms with Crippen molar-refractivity contribution in [2.45, 2.75) is 25.9 Å². The number of hydrogen-bond acceptors (Lipinski definition) is 3. The molecule has 2 rings (SSSR count). The van der Waals surface area contributed by atoms with Gasteiger partial charge >= 0.3 is 0 Å². The largest absolute Gasteiger partial charge is 0.358 e. The third-order valence-corrected chi connectivity index (χ3v) is 3.24. The average molecular weight is 233 g/mol. The Labute approximate surface area is 102 Å². The summed E-state index contributed by atoms with van der Waals surface area (Å²) in [7, 11) is 0. The van der Waals surface area contributed by atoms with E-state index in [1.54, 1.807) is 0 Å². The van der Waals surface area contributed by atoms with E-state index < -0.39 is 0 Å². The number of nitrogens with zero attached hydrogens (tertiary/aromatic N) is 1. The maximum atomic E-state index is 11.7. The highest BCUT2D eigenvalue weighted by Crippen LogP contribution is 2.27. The van der Waals surface area contributed by atoms with Gasteiger partial charge in [-0.25, -0.2) is 0 Å². The Hall–Kier alpha value is -1.55. The van der Waals surface area contributed by atoms with Crippen LogP contribution in [0.2, 0.25) is 0 Å². The average Bonchev–Trinajstić information content (AvgIpc) is 2.33. The van der Waals surface area contributed by atoms with Gasteiger partial charge in [0.05, 0.1) is 0 Å². The minimum atomic E-state index is -0.136. The van der Waals surface area contributed by atoms with Crippen LogP contribution in [-0.2, 0) is 4.79 Å². The van der Waals surface area contributed by atoms with E-state index in [2.05, 4.69) is 10.2 Å². The van der Waals surface area contributed by atoms with Gasteiger partial charge in [0, 0.05) is 24.8 Å². The van der Waals surface area contributed by atoms with Crippen molar-refractivity contribution in [2.24, 2.45) is 5.73 Å². The van der Waals surface area contributed by atoms with Crippen LogP contribution in [0.3, 0.4) is 0 Å². The summed E-state index contributed by atoms with van der Waals surface area (Å²) < 4.78 is 0. The summed E-state index contributed by atoms with van der Waals surface area (Å²) in [6, 6.07) is 7.87. The molecular weight excluding hydrogens is 214 g/mol. The molecule has 0 aliphatic carbocycles. The Morgan fingerprint density at radius 3 is 2.88 bits per heavy atom. The molecule has 2 unspecified atom stereocenters. The van der Waals surface area contributed by atoms with Crippen LogP contribution in [-0.4, -0.2) is 25.0 Å². The van der Waals surface area contributed by atoms with Crippen LogP contribution in [0.1, 0.15) is 25.5 Å². The molecule has 0 radical (unpaired) electrons. The topological polar surface area (TPSA) is 58.4 Å². The number of anilines is 1. The number of benzene rings is 1. The molecule has 2 atom stereocenters. The highest BCUT2D eigenvalue weighted by Gasteiger charge is 2.27. The molecule has 0 bridgehead atoms. The van der Waals surface area contributed by atoms with E-state index in [-0.39, 0.29) is 18.0 Å². The van der Waals surface area contributed by atoms with Gasteiger partial charge in [0.1, 0.15) is 6.04 Å². The van der Waals surface area contributed by atoms with E-state index in [4.69, 9.17) is 5.73 Å². The molecule has 1 aromatic rings. The maximum Gasteiger partial charge on any atom is 0.242 e. The molecule has 4 nitrogen and oxygen atoms in total. The lowest BCUT2D eigenvalue weighted by Crippen LogP contribution is -2.54. The lowest BCUT2D eigenvalue weighted by atomic mass is 10.0. The van der Waals surface area contributed by atoms with Crippen molar-refractivity contribution in [2.75, 3.05) is 18.0 Å². The fraction of sp³-hybridized carbons (Fsp3) is 0.462. The summed E-state index contributed by atoms with van der Waals surface area (Å²) in [5.41, 5.74) is 8.14. The number of para-hydroxylation sites is 1. The molecule has 92 valence electrons. The summed E-state index contributed by atoms with van der Waals surface area (Å²) in [5, 5.41) is 2.87. The fourth-order valence-electron chi connectivity index (χ4n) is 2.25. The van der Waals surface area contributed by atoms with Crippen LogP contribution in [0.25, 0.3) is 0 Å². The van der Waals surface area contributed by atoms with E-state index in [1.165, 1.54) is 0 Å². The molecule has 1 saturated heterocycles. The molecule has 4 heteroatoms. The Morgan fingerprint density at radius 2 is 2.18 bits per heavy atom. The zero-order valence-electron chi connectivity index (χ0n) is 10.3. The molecule has 0 saturated carbocycles. The zero-order chi connectivity index (χ0) is 12.4. The lowest BCUT2D eigenvalue weighted by Gasteiger charge is -2.36. The van der Waals surface area contributed by atoms with Crippen molar-refractivity contribution in [3.63, 3.8) is 0 Å². The van der Waals surface area contributed by atoms with Gasteiger partial charge in [0.2, 0.25) is 5.91 Å². The van der Waals surface area contributed by atoms with Gasteiger partial charge in [0.15, 0.2) is 0 Å². The Kier molecular flexibility index (Phi) is 3.33. The molecule has 17 heavy (non-hydrogen) atoms. The normalized spacial score (nSPS) is 22.2. The molecule has 0 aromatic heterocycles. The second-order valence-electron chi connectivity index (χ2n) is 4.51. The minimum Gasteiger partial charge on any atom is -0.358 e. The van der Waals surface area contributed by atoms with Crippen LogP contribution < -0.4 is 16.0 Å². The first kappa shape index (κ1) is 11.9. The van der Waals surface area contributed by atoms with Crippen LogP contribution in [0.4, 0.5) is 5.69 Å². The second-order valence-corrected chi connectivity index (χ2v) is 4.51. The van der Waals surface area contributed by atoms with E-state index in [0.717, 1.165) is 17.8 Å². The second kappa shape index (κ2) is 4.75. The first-order chi connectivity index (χ1) is 8.11. The molecule has 1 fully saturated rings. The quantitative estimate of drug-likeness (QED) is 0.802. The zero-order valence-corrected chi connectivity index (χ0v) is 10.3. The van der Waals surface area contributed by atoms with Crippen LogP contribution in [0.5, 0.6) is 0 Å². The van der Waals surface area contributed by atoms with Gasteiger partial charge in [-0.2, -0.15) is 0 Å². The van der Waals surface area contributed by atoms with Crippen LogP contribution in [0, 0.1) is 0 Å². The highest BCUT2D eigenvalue weighted by atomic mass is 16.2. The molecule has 0 spiro atoms. The van der Waals surface area contributed by atoms with Gasteiger partial charge in [-0.1, -0.05) is 18.2 Å². The molecular formula is C13H19N3O. The molecule has 1 aromatic carbocycles. The summed E-state index contributed by atoms with van der Waals surface area (Å²) in [4.78, 5) is 13.8. The number of amides is 1. The smallest absolute Gasteiger partial charge is 0.242 e. The van der Waals surface area contributed by atoms with Crippen molar-refractivity contribution in [3.8, 4) is 0 Å². The van der Waals surface area contributed by atoms with Gasteiger partial charge < -0.3 is 16.0 Å². The first-order valence-electron chi connectivity index (χ1n) is 6.00. The van der Waals surface area contributed by atoms with Crippen molar-refractivity contribution in [1.82, 2.24) is 5.32 Å². The van der Waals surface area contributed by atoms with E-state index >= 15 is 0 Å². The Balaban J connectivity index is 2.36. The van der Waals surface area contributed by atoms with E-state index in [9.17, 15) is 4.79 Å². The monoisotopic (exact) mass is 233 g/mol. The molecule has 1 heterocycles. The van der Waals surface area contributed by atoms with Crippen molar-refractivity contribution in [3.05, 3.63) is 29.8 Å². The molecule has 3 N–H and O–H groups in total. The molecule has 1 amide bonds. The molecule has 1 aliphatic rings. The maximum absolute atomic E-state index is 11.7. The number of hydrogen-bond donors (Lipinski definition) is 2. The number of nitrogens with one attached hydrogen (secondary N) is 1. The van der Waals surface area contributed by atoms with E-state index in [0.29, 0.717) is 6.54 Å². The summed E-state index contributed by atoms with van der Waals surface area (Å²) in [6.07, 6.45) is 0. The van der Waals surface area contributed by atoms with Crippen molar-refractivity contribution in [1.29, 1.82) is 0 Å². The van der Waals surface area contributed by atoms with Crippen LogP contribution >= 0.6 is 0 Å².